The fourth-order valence-electron chi connectivity index (χ4n) is 2.41. The molecule has 0 aliphatic rings. The van der Waals surface area contributed by atoms with E-state index >= 15 is 0 Å². The number of carbonyl (C=O) groups excluding carboxylic acids is 4. The minimum absolute atomic E-state index is 0.152. The maximum Gasteiger partial charge on any atom is 0.243 e. The molecule has 0 spiro atoms. The lowest BCUT2D eigenvalue weighted by atomic mass is 10.0. The van der Waals surface area contributed by atoms with Gasteiger partial charge >= 0.3 is 0 Å². The summed E-state index contributed by atoms with van der Waals surface area (Å²) < 4.78 is 0. The van der Waals surface area contributed by atoms with Gasteiger partial charge in [-0.2, -0.15) is 0 Å². The number of hydrogen-bond acceptors (Lipinski definition) is 5. The van der Waals surface area contributed by atoms with Crippen molar-refractivity contribution in [2.24, 2.45) is 17.6 Å². The zero-order valence-corrected chi connectivity index (χ0v) is 17.0. The van der Waals surface area contributed by atoms with Crippen LogP contribution in [-0.2, 0) is 19.2 Å². The summed E-state index contributed by atoms with van der Waals surface area (Å²) in [6.45, 7) is 10.4. The molecule has 0 aliphatic heterocycles. The van der Waals surface area contributed by atoms with Crippen LogP contribution in [0, 0.1) is 11.8 Å². The van der Waals surface area contributed by atoms with Crippen LogP contribution < -0.4 is 21.7 Å². The Kier molecular flexibility index (Phi) is 10.6. The van der Waals surface area contributed by atoms with E-state index in [0.29, 0.717) is 12.8 Å². The Labute approximate surface area is 160 Å². The van der Waals surface area contributed by atoms with Crippen molar-refractivity contribution in [2.75, 3.05) is 0 Å². The summed E-state index contributed by atoms with van der Waals surface area (Å²) in [5, 5.41) is 17.0. The lowest BCUT2D eigenvalue weighted by Gasteiger charge is -2.24. The van der Waals surface area contributed by atoms with E-state index in [9.17, 15) is 24.3 Å². The molecule has 4 unspecified atom stereocenters. The maximum atomic E-state index is 12.5. The van der Waals surface area contributed by atoms with Gasteiger partial charge in [0.05, 0.1) is 6.10 Å². The van der Waals surface area contributed by atoms with E-state index < -0.39 is 42.0 Å². The Morgan fingerprint density at radius 2 is 1.41 bits per heavy atom. The first-order valence-electron chi connectivity index (χ1n) is 9.22. The third kappa shape index (κ3) is 9.93. The first-order valence-corrected chi connectivity index (χ1v) is 9.22. The molecule has 0 aromatic rings. The summed E-state index contributed by atoms with van der Waals surface area (Å²) in [5.41, 5.74) is 5.14. The summed E-state index contributed by atoms with van der Waals surface area (Å²) in [5.74, 6) is -1.95. The van der Waals surface area contributed by atoms with E-state index in [2.05, 4.69) is 16.0 Å². The SMILES string of the molecule is CC(C)CC(=O)NC(CC(C)C)C(=O)NC(C)C(=O)NC(C(N)=O)C(C)O. The molecule has 0 aliphatic carbocycles. The zero-order chi connectivity index (χ0) is 21.3. The predicted molar refractivity (Wildman–Crippen MR) is 101 cm³/mol. The highest BCUT2D eigenvalue weighted by Crippen LogP contribution is 2.07. The van der Waals surface area contributed by atoms with Crippen LogP contribution in [0.15, 0.2) is 0 Å². The van der Waals surface area contributed by atoms with Gasteiger partial charge < -0.3 is 26.8 Å². The smallest absolute Gasteiger partial charge is 0.243 e. The van der Waals surface area contributed by atoms with E-state index in [4.69, 9.17) is 5.73 Å². The molecule has 4 amide bonds. The number of amides is 4. The van der Waals surface area contributed by atoms with Crippen molar-refractivity contribution in [2.45, 2.75) is 78.6 Å². The first kappa shape index (κ1) is 24.8. The maximum absolute atomic E-state index is 12.5. The molecular weight excluding hydrogens is 352 g/mol. The van der Waals surface area contributed by atoms with Crippen LogP contribution in [0.25, 0.3) is 0 Å². The van der Waals surface area contributed by atoms with E-state index in [1.165, 1.54) is 13.8 Å². The van der Waals surface area contributed by atoms with Crippen molar-refractivity contribution in [3.63, 3.8) is 0 Å². The van der Waals surface area contributed by atoms with Crippen LogP contribution in [-0.4, -0.2) is 53.0 Å². The minimum Gasteiger partial charge on any atom is -0.391 e. The lowest BCUT2D eigenvalue weighted by Crippen LogP contribution is -2.57. The topological polar surface area (TPSA) is 151 Å². The molecule has 0 rings (SSSR count). The van der Waals surface area contributed by atoms with E-state index in [-0.39, 0.29) is 17.7 Å². The molecule has 0 saturated carbocycles. The number of nitrogens with two attached hydrogens (primary N) is 1. The number of aliphatic hydroxyl groups is 1. The van der Waals surface area contributed by atoms with Crippen molar-refractivity contribution in [3.05, 3.63) is 0 Å². The summed E-state index contributed by atoms with van der Waals surface area (Å²) in [4.78, 5) is 48.0. The Morgan fingerprint density at radius 3 is 1.81 bits per heavy atom. The molecule has 0 saturated heterocycles. The van der Waals surface area contributed by atoms with Crippen LogP contribution in [0.4, 0.5) is 0 Å². The highest BCUT2D eigenvalue weighted by atomic mass is 16.3. The van der Waals surface area contributed by atoms with Crippen molar-refractivity contribution >= 4 is 23.6 Å². The largest absolute Gasteiger partial charge is 0.391 e. The van der Waals surface area contributed by atoms with Gasteiger partial charge in [-0.25, -0.2) is 0 Å². The van der Waals surface area contributed by atoms with Crippen LogP contribution in [0.1, 0.15) is 54.4 Å². The van der Waals surface area contributed by atoms with Gasteiger partial charge in [0, 0.05) is 6.42 Å². The molecule has 0 aromatic heterocycles. The van der Waals surface area contributed by atoms with Gasteiger partial charge in [-0.3, -0.25) is 19.2 Å². The Balaban J connectivity index is 4.95. The Hall–Kier alpha value is -2.16. The number of nitrogens with one attached hydrogen (secondary N) is 3. The normalized spacial score (nSPS) is 15.6. The van der Waals surface area contributed by atoms with Crippen LogP contribution >= 0.6 is 0 Å². The second-order valence-electron chi connectivity index (χ2n) is 7.71. The number of aliphatic hydroxyl groups excluding tert-OH is 1. The highest BCUT2D eigenvalue weighted by molar-refractivity contribution is 5.93. The zero-order valence-electron chi connectivity index (χ0n) is 17.0. The second-order valence-corrected chi connectivity index (χ2v) is 7.71. The molecule has 0 fully saturated rings. The summed E-state index contributed by atoms with van der Waals surface area (Å²) in [7, 11) is 0. The van der Waals surface area contributed by atoms with Crippen LogP contribution in [0.2, 0.25) is 0 Å². The van der Waals surface area contributed by atoms with Crippen molar-refractivity contribution in [3.8, 4) is 0 Å². The molecule has 4 atom stereocenters. The monoisotopic (exact) mass is 386 g/mol. The number of hydrogen-bond donors (Lipinski definition) is 5. The molecule has 156 valence electrons. The Bertz CT molecular complexity index is 534. The van der Waals surface area contributed by atoms with Gasteiger partial charge in [-0.1, -0.05) is 27.7 Å². The number of carbonyl (C=O) groups is 4. The van der Waals surface area contributed by atoms with Crippen molar-refractivity contribution in [1.29, 1.82) is 0 Å². The Morgan fingerprint density at radius 1 is 0.852 bits per heavy atom. The van der Waals surface area contributed by atoms with E-state index in [1.807, 2.05) is 27.7 Å². The van der Waals surface area contributed by atoms with Gasteiger partial charge in [-0.05, 0) is 32.1 Å². The quantitative estimate of drug-likeness (QED) is 0.322. The number of rotatable bonds is 11. The average molecular weight is 386 g/mol. The van der Waals surface area contributed by atoms with Crippen LogP contribution in [0.5, 0.6) is 0 Å². The van der Waals surface area contributed by atoms with Gasteiger partial charge in [0.15, 0.2) is 0 Å². The fourth-order valence-corrected chi connectivity index (χ4v) is 2.41. The van der Waals surface area contributed by atoms with Crippen LogP contribution in [0.3, 0.4) is 0 Å². The molecular formula is C18H34N4O5. The standard InChI is InChI=1S/C18H34N4O5/c1-9(2)7-13(21-14(24)8-10(3)4)18(27)20-11(5)17(26)22-15(12(6)23)16(19)25/h9-13,15,23H,7-8H2,1-6H3,(H2,19,25)(H,20,27)(H,21,24)(H,22,26). The third-order valence-corrected chi connectivity index (χ3v) is 3.79. The summed E-state index contributed by atoms with van der Waals surface area (Å²) in [6.07, 6.45) is -0.452. The van der Waals surface area contributed by atoms with Crippen molar-refractivity contribution in [1.82, 2.24) is 16.0 Å². The first-order chi connectivity index (χ1) is 12.3. The van der Waals surface area contributed by atoms with Gasteiger partial charge in [-0.15, -0.1) is 0 Å². The minimum atomic E-state index is -1.26. The fraction of sp³-hybridized carbons (Fsp3) is 0.778. The molecule has 0 aromatic carbocycles. The van der Waals surface area contributed by atoms with E-state index in [0.717, 1.165) is 0 Å². The molecule has 6 N–H and O–H groups in total. The number of primary amides is 1. The third-order valence-electron chi connectivity index (χ3n) is 3.79. The van der Waals surface area contributed by atoms with Gasteiger partial charge in [0.1, 0.15) is 18.1 Å². The molecule has 9 heteroatoms. The molecule has 0 bridgehead atoms. The second kappa shape index (κ2) is 11.5. The summed E-state index contributed by atoms with van der Waals surface area (Å²) in [6, 6.07) is -3.00. The summed E-state index contributed by atoms with van der Waals surface area (Å²) >= 11 is 0. The van der Waals surface area contributed by atoms with Gasteiger partial charge in [0.25, 0.3) is 0 Å². The van der Waals surface area contributed by atoms with E-state index in [1.54, 1.807) is 0 Å². The van der Waals surface area contributed by atoms with Gasteiger partial charge in [0.2, 0.25) is 23.6 Å². The molecule has 0 radical (unpaired) electrons. The molecule has 27 heavy (non-hydrogen) atoms. The molecule has 9 nitrogen and oxygen atoms in total. The molecule has 0 heterocycles. The average Bonchev–Trinajstić information content (AvgIpc) is 2.49. The predicted octanol–water partition coefficient (Wildman–Crippen LogP) is -0.581. The highest BCUT2D eigenvalue weighted by Gasteiger charge is 2.28. The lowest BCUT2D eigenvalue weighted by molar-refractivity contribution is -0.134. The van der Waals surface area contributed by atoms with Crippen molar-refractivity contribution < 1.29 is 24.3 Å².